The molecule has 0 amide bonds. The second kappa shape index (κ2) is 5.95. The Bertz CT molecular complexity index is 402. The van der Waals surface area contributed by atoms with Crippen LogP contribution in [0.2, 0.25) is 0 Å². The van der Waals surface area contributed by atoms with Gasteiger partial charge in [0.2, 0.25) is 0 Å². The zero-order valence-electron chi connectivity index (χ0n) is 8.67. The van der Waals surface area contributed by atoms with Crippen molar-refractivity contribution in [3.05, 3.63) is 29.8 Å². The van der Waals surface area contributed by atoms with Crippen LogP contribution in [-0.2, 0) is 0 Å². The van der Waals surface area contributed by atoms with E-state index in [0.29, 0.717) is 11.8 Å². The third-order valence-electron chi connectivity index (χ3n) is 1.79. The molecule has 0 spiro atoms. The summed E-state index contributed by atoms with van der Waals surface area (Å²) in [6, 6.07) is 3.44. The van der Waals surface area contributed by atoms with E-state index in [1.165, 1.54) is 12.1 Å². The molecule has 6 heteroatoms. The molecule has 0 unspecified atom stereocenters. The number of ether oxygens (including phenoxy) is 1. The van der Waals surface area contributed by atoms with Crippen LogP contribution in [-0.4, -0.2) is 16.8 Å². The minimum atomic E-state index is -4.74. The molecule has 0 aromatic heterocycles. The van der Waals surface area contributed by atoms with Crippen molar-refractivity contribution in [1.82, 2.24) is 0 Å². The number of hydrogen-bond acceptors (Lipinski definition) is 2. The average molecular weight is 311 g/mol. The van der Waals surface area contributed by atoms with Crippen LogP contribution < -0.4 is 4.74 Å². The van der Waals surface area contributed by atoms with Crippen molar-refractivity contribution in [3.63, 3.8) is 0 Å². The van der Waals surface area contributed by atoms with Crippen LogP contribution in [0.15, 0.2) is 24.3 Å². The maximum Gasteiger partial charge on any atom is 0.573 e. The summed E-state index contributed by atoms with van der Waals surface area (Å²) in [5.74, 6) is -0.445. The molecule has 0 radical (unpaired) electrons. The van der Waals surface area contributed by atoms with Crippen molar-refractivity contribution >= 4 is 22.0 Å². The number of alkyl halides is 4. The van der Waals surface area contributed by atoms with Gasteiger partial charge in [-0.05, 0) is 24.6 Å². The van der Waals surface area contributed by atoms with Gasteiger partial charge in [-0.3, -0.25) is 0 Å². The average Bonchev–Trinajstić information content (AvgIpc) is 2.20. The van der Waals surface area contributed by atoms with E-state index in [0.717, 1.165) is 12.1 Å². The molecular formula is C11H10BrF3O2. The predicted molar refractivity (Wildman–Crippen MR) is 62.2 cm³/mol. The molecule has 1 rings (SSSR count). The maximum atomic E-state index is 12.1. The predicted octanol–water partition coefficient (Wildman–Crippen LogP) is 4.09. The van der Waals surface area contributed by atoms with Crippen LogP contribution in [0.3, 0.4) is 0 Å². The summed E-state index contributed by atoms with van der Waals surface area (Å²) >= 11 is 3.19. The first-order valence-corrected chi connectivity index (χ1v) is 5.86. The fourth-order valence-electron chi connectivity index (χ4n) is 1.16. The largest absolute Gasteiger partial charge is 0.573 e. The zero-order chi connectivity index (χ0) is 12.9. The molecule has 94 valence electrons. The van der Waals surface area contributed by atoms with Crippen LogP contribution in [0.5, 0.6) is 11.5 Å². The fourth-order valence-corrected chi connectivity index (χ4v) is 1.42. The lowest BCUT2D eigenvalue weighted by Crippen LogP contribution is -2.17. The Balaban J connectivity index is 2.95. The van der Waals surface area contributed by atoms with Gasteiger partial charge in [-0.1, -0.05) is 28.1 Å². The van der Waals surface area contributed by atoms with Gasteiger partial charge in [0.1, 0.15) is 11.5 Å². The van der Waals surface area contributed by atoms with E-state index in [-0.39, 0.29) is 17.1 Å². The summed E-state index contributed by atoms with van der Waals surface area (Å²) in [6.07, 6.45) is -0.912. The highest BCUT2D eigenvalue weighted by Gasteiger charge is 2.31. The second-order valence-electron chi connectivity index (χ2n) is 3.15. The standard InChI is InChI=1S/C11H10BrF3O2/c12-6-2-1-3-8-7-9(16)4-5-10(8)17-11(13,14)15/h1,3-5,7,16H,2,6H2. The molecule has 1 aromatic rings. The van der Waals surface area contributed by atoms with Gasteiger partial charge in [0.25, 0.3) is 0 Å². The Hall–Kier alpha value is -1.17. The summed E-state index contributed by atoms with van der Waals surface area (Å²) in [4.78, 5) is 0. The first kappa shape index (κ1) is 13.9. The third-order valence-corrected chi connectivity index (χ3v) is 2.25. The topological polar surface area (TPSA) is 29.5 Å². The number of phenols is 1. The Morgan fingerprint density at radius 2 is 2.06 bits per heavy atom. The van der Waals surface area contributed by atoms with Crippen LogP contribution in [0.25, 0.3) is 6.08 Å². The fraction of sp³-hybridized carbons (Fsp3) is 0.273. The molecule has 0 fully saturated rings. The molecule has 1 aromatic carbocycles. The molecular weight excluding hydrogens is 301 g/mol. The molecule has 1 N–H and O–H groups in total. The number of rotatable bonds is 4. The van der Waals surface area contributed by atoms with E-state index in [4.69, 9.17) is 0 Å². The minimum Gasteiger partial charge on any atom is -0.508 e. The molecule has 0 atom stereocenters. The number of phenolic OH excluding ortho intramolecular Hbond substituents is 1. The number of benzene rings is 1. The molecule has 0 heterocycles. The summed E-state index contributed by atoms with van der Waals surface area (Å²) in [7, 11) is 0. The van der Waals surface area contributed by atoms with Crippen molar-refractivity contribution in [2.24, 2.45) is 0 Å². The zero-order valence-corrected chi connectivity index (χ0v) is 10.3. The van der Waals surface area contributed by atoms with Gasteiger partial charge in [-0.15, -0.1) is 13.2 Å². The van der Waals surface area contributed by atoms with Crippen LogP contribution in [0, 0.1) is 0 Å². The monoisotopic (exact) mass is 310 g/mol. The molecule has 0 aliphatic rings. The smallest absolute Gasteiger partial charge is 0.508 e. The third kappa shape index (κ3) is 5.12. The van der Waals surface area contributed by atoms with Gasteiger partial charge >= 0.3 is 6.36 Å². The van der Waals surface area contributed by atoms with Gasteiger partial charge in [0.15, 0.2) is 0 Å². The van der Waals surface area contributed by atoms with Crippen molar-refractivity contribution in [2.75, 3.05) is 5.33 Å². The Morgan fingerprint density at radius 3 is 2.65 bits per heavy atom. The Labute approximate surface area is 105 Å². The first-order valence-electron chi connectivity index (χ1n) is 4.73. The SMILES string of the molecule is Oc1ccc(OC(F)(F)F)c(C=CCCBr)c1. The van der Waals surface area contributed by atoms with E-state index in [2.05, 4.69) is 20.7 Å². The van der Waals surface area contributed by atoms with Gasteiger partial charge in [0.05, 0.1) is 0 Å². The number of aromatic hydroxyl groups is 1. The molecule has 0 bridgehead atoms. The van der Waals surface area contributed by atoms with Crippen molar-refractivity contribution < 1.29 is 23.0 Å². The number of halogens is 4. The molecule has 17 heavy (non-hydrogen) atoms. The maximum absolute atomic E-state index is 12.1. The van der Waals surface area contributed by atoms with Crippen LogP contribution in [0.1, 0.15) is 12.0 Å². The van der Waals surface area contributed by atoms with E-state index >= 15 is 0 Å². The molecule has 2 nitrogen and oxygen atoms in total. The van der Waals surface area contributed by atoms with Gasteiger partial charge in [0, 0.05) is 10.9 Å². The highest BCUT2D eigenvalue weighted by Crippen LogP contribution is 2.30. The lowest BCUT2D eigenvalue weighted by Gasteiger charge is -2.11. The lowest BCUT2D eigenvalue weighted by atomic mass is 10.1. The molecule has 0 aliphatic carbocycles. The molecule has 0 saturated carbocycles. The van der Waals surface area contributed by atoms with Gasteiger partial charge in [-0.25, -0.2) is 0 Å². The van der Waals surface area contributed by atoms with Crippen molar-refractivity contribution in [3.8, 4) is 11.5 Å². The quantitative estimate of drug-likeness (QED) is 0.849. The van der Waals surface area contributed by atoms with E-state index in [1.54, 1.807) is 6.08 Å². The van der Waals surface area contributed by atoms with Gasteiger partial charge in [-0.2, -0.15) is 0 Å². The molecule has 0 saturated heterocycles. The van der Waals surface area contributed by atoms with Crippen molar-refractivity contribution in [1.29, 1.82) is 0 Å². The minimum absolute atomic E-state index is 0.113. The Kier molecular flexibility index (Phi) is 4.86. The second-order valence-corrected chi connectivity index (χ2v) is 3.94. The normalized spacial score (nSPS) is 12.0. The Morgan fingerprint density at radius 1 is 1.35 bits per heavy atom. The number of hydrogen-bond donors (Lipinski definition) is 1. The van der Waals surface area contributed by atoms with Crippen molar-refractivity contribution in [2.45, 2.75) is 12.8 Å². The summed E-state index contributed by atoms with van der Waals surface area (Å²) in [5, 5.41) is 9.92. The first-order chi connectivity index (χ1) is 7.92. The summed E-state index contributed by atoms with van der Waals surface area (Å²) in [5.41, 5.74) is 0.184. The highest BCUT2D eigenvalue weighted by atomic mass is 79.9. The van der Waals surface area contributed by atoms with E-state index < -0.39 is 6.36 Å². The highest BCUT2D eigenvalue weighted by molar-refractivity contribution is 9.09. The summed E-state index contributed by atoms with van der Waals surface area (Å²) in [6.45, 7) is 0. The summed E-state index contributed by atoms with van der Waals surface area (Å²) < 4.78 is 40.1. The van der Waals surface area contributed by atoms with E-state index in [9.17, 15) is 18.3 Å². The van der Waals surface area contributed by atoms with Crippen LogP contribution in [0.4, 0.5) is 13.2 Å². The molecule has 0 aliphatic heterocycles. The lowest BCUT2D eigenvalue weighted by molar-refractivity contribution is -0.274. The number of allylic oxidation sites excluding steroid dienone is 1. The van der Waals surface area contributed by atoms with Crippen LogP contribution >= 0.6 is 15.9 Å². The van der Waals surface area contributed by atoms with Gasteiger partial charge < -0.3 is 9.84 Å². The van der Waals surface area contributed by atoms with E-state index in [1.807, 2.05) is 0 Å².